The Morgan fingerprint density at radius 3 is 2.18 bits per heavy atom. The molecule has 0 bridgehead atoms. The summed E-state index contributed by atoms with van der Waals surface area (Å²) in [6.07, 6.45) is 0. The Hall–Kier alpha value is -3.49. The largest absolute Gasteiger partial charge is 0.497 e. The van der Waals surface area contributed by atoms with Gasteiger partial charge in [0, 0.05) is 43.4 Å². The molecule has 1 saturated heterocycles. The molecule has 1 fully saturated rings. The molecule has 0 amide bonds. The van der Waals surface area contributed by atoms with Gasteiger partial charge in [-0.05, 0) is 31.2 Å². The van der Waals surface area contributed by atoms with Gasteiger partial charge in [-0.2, -0.15) is 4.98 Å². The summed E-state index contributed by atoms with van der Waals surface area (Å²) >= 11 is 0. The first-order chi connectivity index (χ1) is 16.2. The zero-order valence-corrected chi connectivity index (χ0v) is 18.9. The van der Waals surface area contributed by atoms with Crippen LogP contribution in [0.4, 0.5) is 0 Å². The lowest BCUT2D eigenvalue weighted by Crippen LogP contribution is -2.45. The maximum absolute atomic E-state index is 5.59. The van der Waals surface area contributed by atoms with Gasteiger partial charge in [-0.1, -0.05) is 40.1 Å². The molecule has 2 aromatic heterocycles. The normalized spacial score (nSPS) is 15.1. The lowest BCUT2D eigenvalue weighted by molar-refractivity contribution is 0.105. The number of ether oxygens (including phenoxy) is 1. The van der Waals surface area contributed by atoms with Crippen molar-refractivity contribution in [1.29, 1.82) is 0 Å². The molecule has 1 aliphatic rings. The first-order valence-electron chi connectivity index (χ1n) is 11.1. The maximum atomic E-state index is 5.59. The Bertz CT molecular complexity index is 1180. The van der Waals surface area contributed by atoms with Crippen LogP contribution in [-0.2, 0) is 13.1 Å². The van der Waals surface area contributed by atoms with Crippen molar-refractivity contribution in [1.82, 2.24) is 25.1 Å². The fraction of sp³-hybridized carbons (Fsp3) is 0.320. The van der Waals surface area contributed by atoms with Crippen molar-refractivity contribution in [2.45, 2.75) is 20.0 Å². The monoisotopic (exact) mass is 445 g/mol. The molecule has 33 heavy (non-hydrogen) atoms. The van der Waals surface area contributed by atoms with Gasteiger partial charge in [-0.3, -0.25) is 9.80 Å². The zero-order chi connectivity index (χ0) is 22.6. The van der Waals surface area contributed by atoms with Gasteiger partial charge in [-0.25, -0.2) is 0 Å². The summed E-state index contributed by atoms with van der Waals surface area (Å²) in [5.41, 5.74) is 4.10. The SMILES string of the molecule is COc1ccc(-c2noc(CN3CCN(Cc4cc(-c5ccc(C)cc5)no4)CC3)n2)cc1. The van der Waals surface area contributed by atoms with E-state index in [4.69, 9.17) is 13.8 Å². The van der Waals surface area contributed by atoms with Crippen molar-refractivity contribution < 1.29 is 13.8 Å². The van der Waals surface area contributed by atoms with Gasteiger partial charge in [0.1, 0.15) is 11.4 Å². The second-order valence-electron chi connectivity index (χ2n) is 8.34. The molecule has 0 N–H and O–H groups in total. The van der Waals surface area contributed by atoms with Crippen molar-refractivity contribution in [2.75, 3.05) is 33.3 Å². The highest BCUT2D eigenvalue weighted by Gasteiger charge is 2.21. The highest BCUT2D eigenvalue weighted by Crippen LogP contribution is 2.22. The van der Waals surface area contributed by atoms with Crippen molar-refractivity contribution in [3.8, 4) is 28.4 Å². The number of hydrogen-bond acceptors (Lipinski definition) is 8. The Balaban J connectivity index is 1.12. The number of aromatic nitrogens is 3. The van der Waals surface area contributed by atoms with Crippen LogP contribution >= 0.6 is 0 Å². The van der Waals surface area contributed by atoms with Crippen LogP contribution in [0.15, 0.2) is 63.6 Å². The summed E-state index contributed by atoms with van der Waals surface area (Å²) in [7, 11) is 1.65. The third-order valence-electron chi connectivity index (χ3n) is 5.93. The van der Waals surface area contributed by atoms with Crippen LogP contribution in [0.3, 0.4) is 0 Å². The van der Waals surface area contributed by atoms with E-state index in [1.54, 1.807) is 7.11 Å². The van der Waals surface area contributed by atoms with E-state index in [0.717, 1.165) is 61.1 Å². The smallest absolute Gasteiger partial charge is 0.241 e. The molecule has 0 spiro atoms. The molecule has 4 aromatic rings. The predicted octanol–water partition coefficient (Wildman–Crippen LogP) is 4.03. The summed E-state index contributed by atoms with van der Waals surface area (Å²) in [6, 6.07) is 18.0. The average Bonchev–Trinajstić information content (AvgIpc) is 3.51. The van der Waals surface area contributed by atoms with Crippen molar-refractivity contribution in [3.05, 3.63) is 71.8 Å². The van der Waals surface area contributed by atoms with Gasteiger partial charge in [0.25, 0.3) is 0 Å². The fourth-order valence-corrected chi connectivity index (χ4v) is 3.94. The average molecular weight is 446 g/mol. The molecule has 170 valence electrons. The third kappa shape index (κ3) is 5.13. The van der Waals surface area contributed by atoms with Crippen molar-refractivity contribution in [3.63, 3.8) is 0 Å². The summed E-state index contributed by atoms with van der Waals surface area (Å²) in [4.78, 5) is 9.27. The molecule has 0 atom stereocenters. The van der Waals surface area contributed by atoms with E-state index in [1.165, 1.54) is 5.56 Å². The van der Waals surface area contributed by atoms with Crippen molar-refractivity contribution in [2.24, 2.45) is 0 Å². The molecule has 8 heteroatoms. The Morgan fingerprint density at radius 2 is 1.48 bits per heavy atom. The highest BCUT2D eigenvalue weighted by molar-refractivity contribution is 5.59. The first-order valence-corrected chi connectivity index (χ1v) is 11.1. The number of hydrogen-bond donors (Lipinski definition) is 0. The van der Waals surface area contributed by atoms with Crippen LogP contribution in [0.2, 0.25) is 0 Å². The van der Waals surface area contributed by atoms with E-state index < -0.39 is 0 Å². The lowest BCUT2D eigenvalue weighted by atomic mass is 10.1. The van der Waals surface area contributed by atoms with E-state index in [1.807, 2.05) is 30.3 Å². The van der Waals surface area contributed by atoms with Gasteiger partial charge in [0.2, 0.25) is 11.7 Å². The minimum Gasteiger partial charge on any atom is -0.497 e. The van der Waals surface area contributed by atoms with Crippen molar-refractivity contribution >= 4 is 0 Å². The standard InChI is InChI=1S/C25H27N5O3/c1-18-3-5-19(6-4-18)23-15-22(32-27-23)16-29-11-13-30(14-12-29)17-24-26-25(28-33-24)20-7-9-21(31-2)10-8-20/h3-10,15H,11-14,16-17H2,1-2H3. The summed E-state index contributed by atoms with van der Waals surface area (Å²) in [6.45, 7) is 7.24. The van der Waals surface area contributed by atoms with Gasteiger partial charge >= 0.3 is 0 Å². The summed E-state index contributed by atoms with van der Waals surface area (Å²) in [5, 5.41) is 8.37. The van der Waals surface area contributed by atoms with E-state index in [0.29, 0.717) is 18.3 Å². The molecule has 0 aliphatic carbocycles. The number of aryl methyl sites for hydroxylation is 1. The second-order valence-corrected chi connectivity index (χ2v) is 8.34. The molecule has 3 heterocycles. The highest BCUT2D eigenvalue weighted by atomic mass is 16.5. The topological polar surface area (TPSA) is 80.7 Å². The number of benzene rings is 2. The van der Waals surface area contributed by atoms with E-state index in [9.17, 15) is 0 Å². The Labute approximate surface area is 192 Å². The molecule has 1 aliphatic heterocycles. The Kier molecular flexibility index (Phi) is 6.19. The van der Waals surface area contributed by atoms with Crippen LogP contribution in [0, 0.1) is 6.92 Å². The van der Waals surface area contributed by atoms with Gasteiger partial charge in [0.05, 0.1) is 20.2 Å². The molecule has 8 nitrogen and oxygen atoms in total. The maximum Gasteiger partial charge on any atom is 0.241 e. The minimum atomic E-state index is 0.598. The van der Waals surface area contributed by atoms with Crippen LogP contribution in [0.1, 0.15) is 17.2 Å². The van der Waals surface area contributed by atoms with Crippen LogP contribution in [0.25, 0.3) is 22.6 Å². The van der Waals surface area contributed by atoms with Crippen LogP contribution < -0.4 is 4.74 Å². The van der Waals surface area contributed by atoms with Gasteiger partial charge < -0.3 is 13.8 Å². The molecule has 5 rings (SSSR count). The molecular formula is C25H27N5O3. The zero-order valence-electron chi connectivity index (χ0n) is 18.9. The summed E-state index contributed by atoms with van der Waals surface area (Å²) in [5.74, 6) is 2.92. The lowest BCUT2D eigenvalue weighted by Gasteiger charge is -2.33. The number of nitrogens with zero attached hydrogens (tertiary/aromatic N) is 5. The van der Waals surface area contributed by atoms with Crippen LogP contribution in [0.5, 0.6) is 5.75 Å². The quantitative estimate of drug-likeness (QED) is 0.422. The van der Waals surface area contributed by atoms with E-state index in [2.05, 4.69) is 56.3 Å². The first kappa shape index (κ1) is 21.4. The Morgan fingerprint density at radius 1 is 0.818 bits per heavy atom. The predicted molar refractivity (Wildman–Crippen MR) is 124 cm³/mol. The molecule has 0 saturated carbocycles. The number of piperazine rings is 1. The molecular weight excluding hydrogens is 418 g/mol. The van der Waals surface area contributed by atoms with E-state index in [-0.39, 0.29) is 0 Å². The molecule has 0 radical (unpaired) electrons. The number of methoxy groups -OCH3 is 1. The molecule has 0 unspecified atom stereocenters. The summed E-state index contributed by atoms with van der Waals surface area (Å²) < 4.78 is 16.3. The number of rotatable bonds is 7. The fourth-order valence-electron chi connectivity index (χ4n) is 3.94. The van der Waals surface area contributed by atoms with Gasteiger partial charge in [-0.15, -0.1) is 0 Å². The van der Waals surface area contributed by atoms with Gasteiger partial charge in [0.15, 0.2) is 5.76 Å². The molecule has 2 aromatic carbocycles. The van der Waals surface area contributed by atoms with E-state index >= 15 is 0 Å². The third-order valence-corrected chi connectivity index (χ3v) is 5.93. The minimum absolute atomic E-state index is 0.598. The second kappa shape index (κ2) is 9.56. The van der Waals surface area contributed by atoms with Crippen LogP contribution in [-0.4, -0.2) is 58.4 Å².